The highest BCUT2D eigenvalue weighted by molar-refractivity contribution is 6.30. The molecule has 5 heteroatoms. The van der Waals surface area contributed by atoms with Gasteiger partial charge in [0.05, 0.1) is 17.5 Å². The molecule has 1 heterocycles. The van der Waals surface area contributed by atoms with Crippen molar-refractivity contribution in [2.75, 3.05) is 6.54 Å². The van der Waals surface area contributed by atoms with Crippen LogP contribution < -0.4 is 5.32 Å². The van der Waals surface area contributed by atoms with Gasteiger partial charge in [0.25, 0.3) is 0 Å². The Bertz CT molecular complexity index is 824. The van der Waals surface area contributed by atoms with Crippen molar-refractivity contribution in [3.63, 3.8) is 0 Å². The number of carbonyl (C=O) groups is 1. The number of aromatic nitrogens is 2. The van der Waals surface area contributed by atoms with Gasteiger partial charge in [-0.15, -0.1) is 0 Å². The highest BCUT2D eigenvalue weighted by Crippen LogP contribution is 2.14. The van der Waals surface area contributed by atoms with E-state index in [9.17, 15) is 4.79 Å². The van der Waals surface area contributed by atoms with Crippen LogP contribution in [0.3, 0.4) is 0 Å². The van der Waals surface area contributed by atoms with Crippen molar-refractivity contribution in [1.29, 1.82) is 0 Å². The van der Waals surface area contributed by atoms with E-state index < -0.39 is 0 Å². The minimum atomic E-state index is 0.0192. The van der Waals surface area contributed by atoms with Crippen molar-refractivity contribution in [3.8, 4) is 0 Å². The third-order valence-corrected chi connectivity index (χ3v) is 3.93. The van der Waals surface area contributed by atoms with Crippen LogP contribution in [-0.4, -0.2) is 22.4 Å². The molecule has 0 aliphatic rings. The second kappa shape index (κ2) is 6.84. The summed E-state index contributed by atoms with van der Waals surface area (Å²) < 4.78 is 0. The Morgan fingerprint density at radius 3 is 2.70 bits per heavy atom. The molecular formula is C18H18ClN3O. The van der Waals surface area contributed by atoms with Gasteiger partial charge in [0, 0.05) is 11.6 Å². The van der Waals surface area contributed by atoms with Crippen LogP contribution in [0.1, 0.15) is 17.0 Å². The minimum absolute atomic E-state index is 0.0192. The van der Waals surface area contributed by atoms with E-state index in [0.717, 1.165) is 28.8 Å². The van der Waals surface area contributed by atoms with Gasteiger partial charge in [0.15, 0.2) is 0 Å². The zero-order chi connectivity index (χ0) is 16.2. The van der Waals surface area contributed by atoms with Gasteiger partial charge < -0.3 is 10.3 Å². The summed E-state index contributed by atoms with van der Waals surface area (Å²) in [5.74, 6) is 0.930. The fraction of sp³-hybridized carbons (Fsp3) is 0.222. The normalized spacial score (nSPS) is 10.9. The third-order valence-electron chi connectivity index (χ3n) is 3.68. The summed E-state index contributed by atoms with van der Waals surface area (Å²) in [6.45, 7) is 2.56. The molecule has 1 aromatic heterocycles. The number of rotatable bonds is 5. The molecule has 0 aliphatic heterocycles. The van der Waals surface area contributed by atoms with Gasteiger partial charge in [0.2, 0.25) is 5.91 Å². The van der Waals surface area contributed by atoms with E-state index in [1.54, 1.807) is 12.1 Å². The molecule has 0 atom stereocenters. The highest BCUT2D eigenvalue weighted by atomic mass is 35.5. The average molecular weight is 328 g/mol. The Balaban J connectivity index is 1.51. The fourth-order valence-corrected chi connectivity index (χ4v) is 2.66. The molecule has 4 nitrogen and oxygen atoms in total. The summed E-state index contributed by atoms with van der Waals surface area (Å²) in [4.78, 5) is 19.6. The molecule has 23 heavy (non-hydrogen) atoms. The number of hydrogen-bond acceptors (Lipinski definition) is 2. The van der Waals surface area contributed by atoms with Crippen LogP contribution >= 0.6 is 11.6 Å². The maximum atomic E-state index is 11.9. The maximum absolute atomic E-state index is 11.9. The molecule has 2 aromatic carbocycles. The van der Waals surface area contributed by atoms with E-state index in [2.05, 4.69) is 21.4 Å². The molecule has 3 aromatic rings. The molecular weight excluding hydrogens is 310 g/mol. The van der Waals surface area contributed by atoms with Crippen LogP contribution in [-0.2, 0) is 17.6 Å². The van der Waals surface area contributed by atoms with E-state index in [4.69, 9.17) is 11.6 Å². The smallest absolute Gasteiger partial charge is 0.224 e. The Morgan fingerprint density at radius 1 is 1.17 bits per heavy atom. The van der Waals surface area contributed by atoms with Crippen LogP contribution in [0.2, 0.25) is 5.02 Å². The number of imidazole rings is 1. The molecule has 2 N–H and O–H groups in total. The van der Waals surface area contributed by atoms with Gasteiger partial charge in [-0.05, 0) is 48.7 Å². The summed E-state index contributed by atoms with van der Waals surface area (Å²) in [6, 6.07) is 13.5. The monoisotopic (exact) mass is 327 g/mol. The largest absolute Gasteiger partial charge is 0.355 e. The van der Waals surface area contributed by atoms with Crippen LogP contribution in [0, 0.1) is 6.92 Å². The number of amides is 1. The quantitative estimate of drug-likeness (QED) is 0.754. The number of aromatic amines is 1. The number of fused-ring (bicyclic) bond motifs is 1. The molecule has 0 fully saturated rings. The van der Waals surface area contributed by atoms with Crippen LogP contribution in [0.15, 0.2) is 42.5 Å². The molecule has 0 aliphatic carbocycles. The van der Waals surface area contributed by atoms with Crippen LogP contribution in [0.4, 0.5) is 0 Å². The molecule has 0 radical (unpaired) electrons. The number of hydrogen-bond donors (Lipinski definition) is 2. The van der Waals surface area contributed by atoms with Crippen molar-refractivity contribution in [2.45, 2.75) is 19.8 Å². The first kappa shape index (κ1) is 15.6. The molecule has 118 valence electrons. The van der Waals surface area contributed by atoms with Crippen LogP contribution in [0.5, 0.6) is 0 Å². The zero-order valence-electron chi connectivity index (χ0n) is 12.9. The topological polar surface area (TPSA) is 57.8 Å². The standard InChI is InChI=1S/C18H18ClN3O/c1-12-21-16-7-4-14(10-17(16)22-12)8-9-20-18(23)11-13-2-5-15(19)6-3-13/h2-7,10H,8-9,11H2,1H3,(H,20,23)(H,21,22). The second-order valence-electron chi connectivity index (χ2n) is 5.58. The molecule has 0 bridgehead atoms. The molecule has 3 rings (SSSR count). The Labute approximate surface area is 139 Å². The summed E-state index contributed by atoms with van der Waals surface area (Å²) in [7, 11) is 0. The van der Waals surface area contributed by atoms with Crippen molar-refractivity contribution < 1.29 is 4.79 Å². The number of benzene rings is 2. The predicted molar refractivity (Wildman–Crippen MR) is 92.7 cm³/mol. The van der Waals surface area contributed by atoms with Gasteiger partial charge >= 0.3 is 0 Å². The predicted octanol–water partition coefficient (Wildman–Crippen LogP) is 3.43. The Morgan fingerprint density at radius 2 is 1.91 bits per heavy atom. The lowest BCUT2D eigenvalue weighted by Gasteiger charge is -2.06. The number of carbonyl (C=O) groups excluding carboxylic acids is 1. The van der Waals surface area contributed by atoms with E-state index in [0.29, 0.717) is 18.0 Å². The maximum Gasteiger partial charge on any atom is 0.224 e. The Kier molecular flexibility index (Phi) is 4.63. The lowest BCUT2D eigenvalue weighted by Crippen LogP contribution is -2.27. The molecule has 0 saturated heterocycles. The number of halogens is 1. The first-order chi connectivity index (χ1) is 11.1. The zero-order valence-corrected chi connectivity index (χ0v) is 13.7. The van der Waals surface area contributed by atoms with Gasteiger partial charge in [-0.3, -0.25) is 4.79 Å². The second-order valence-corrected chi connectivity index (χ2v) is 6.01. The summed E-state index contributed by atoms with van der Waals surface area (Å²) in [6.07, 6.45) is 1.16. The highest BCUT2D eigenvalue weighted by Gasteiger charge is 2.04. The summed E-state index contributed by atoms with van der Waals surface area (Å²) >= 11 is 5.84. The van der Waals surface area contributed by atoms with Gasteiger partial charge in [-0.25, -0.2) is 4.98 Å². The van der Waals surface area contributed by atoms with E-state index >= 15 is 0 Å². The van der Waals surface area contributed by atoms with Crippen molar-refractivity contribution in [2.24, 2.45) is 0 Å². The third kappa shape index (κ3) is 4.11. The van der Waals surface area contributed by atoms with Gasteiger partial charge in [0.1, 0.15) is 5.82 Å². The number of nitrogens with zero attached hydrogens (tertiary/aromatic N) is 1. The van der Waals surface area contributed by atoms with Gasteiger partial charge in [-0.1, -0.05) is 29.8 Å². The van der Waals surface area contributed by atoms with E-state index in [-0.39, 0.29) is 5.91 Å². The van der Waals surface area contributed by atoms with Crippen molar-refractivity contribution in [1.82, 2.24) is 15.3 Å². The number of aryl methyl sites for hydroxylation is 1. The number of nitrogens with one attached hydrogen (secondary N) is 2. The first-order valence-electron chi connectivity index (χ1n) is 7.56. The summed E-state index contributed by atoms with van der Waals surface area (Å²) in [5, 5.41) is 3.63. The van der Waals surface area contributed by atoms with Crippen LogP contribution in [0.25, 0.3) is 11.0 Å². The lowest BCUT2D eigenvalue weighted by atomic mass is 10.1. The van der Waals surface area contributed by atoms with Crippen molar-refractivity contribution >= 4 is 28.5 Å². The van der Waals surface area contributed by atoms with E-state index in [1.807, 2.05) is 31.2 Å². The summed E-state index contributed by atoms with van der Waals surface area (Å²) in [5.41, 5.74) is 4.14. The van der Waals surface area contributed by atoms with Crippen molar-refractivity contribution in [3.05, 3.63) is 64.4 Å². The first-order valence-corrected chi connectivity index (χ1v) is 7.94. The van der Waals surface area contributed by atoms with E-state index in [1.165, 1.54) is 5.56 Å². The molecule has 0 unspecified atom stereocenters. The Hall–Kier alpha value is -2.33. The number of H-pyrrole nitrogens is 1. The van der Waals surface area contributed by atoms with Gasteiger partial charge in [-0.2, -0.15) is 0 Å². The SMILES string of the molecule is Cc1nc2ccc(CCNC(=O)Cc3ccc(Cl)cc3)cc2[nH]1. The molecule has 0 spiro atoms. The molecule has 0 saturated carbocycles. The minimum Gasteiger partial charge on any atom is -0.355 e. The average Bonchev–Trinajstić information content (AvgIpc) is 2.89. The molecule has 1 amide bonds. The fourth-order valence-electron chi connectivity index (χ4n) is 2.54. The lowest BCUT2D eigenvalue weighted by molar-refractivity contribution is -0.120.